The fourth-order valence-corrected chi connectivity index (χ4v) is 3.69. The molecule has 25 heavy (non-hydrogen) atoms. The average molecular weight is 396 g/mol. The molecule has 0 saturated carbocycles. The lowest BCUT2D eigenvalue weighted by molar-refractivity contribution is 0.102. The smallest absolute Gasteiger partial charge is 0.224 e. The third-order valence-corrected chi connectivity index (χ3v) is 5.47. The number of nitrogens with zero attached hydrogens (tertiary/aromatic N) is 2. The van der Waals surface area contributed by atoms with E-state index in [9.17, 15) is 4.79 Å². The zero-order valence-electron chi connectivity index (χ0n) is 13.3. The van der Waals surface area contributed by atoms with Crippen LogP contribution in [0.3, 0.4) is 0 Å². The SMILES string of the molecule is CC(=O)c1sc2nc(NCCN)nc(-c3ccc(Cl)c(Cl)c3)c2c1N. The maximum Gasteiger partial charge on any atom is 0.224 e. The number of ketones is 1. The van der Waals surface area contributed by atoms with Crippen LogP contribution in [-0.2, 0) is 0 Å². The Morgan fingerprint density at radius 3 is 2.68 bits per heavy atom. The topological polar surface area (TPSA) is 107 Å². The highest BCUT2D eigenvalue weighted by Gasteiger charge is 2.20. The van der Waals surface area contributed by atoms with Gasteiger partial charge in [-0.2, -0.15) is 0 Å². The molecule has 0 aliphatic heterocycles. The van der Waals surface area contributed by atoms with Crippen molar-refractivity contribution in [3.8, 4) is 11.3 Å². The monoisotopic (exact) mass is 395 g/mol. The van der Waals surface area contributed by atoms with Crippen LogP contribution in [0.25, 0.3) is 21.5 Å². The lowest BCUT2D eigenvalue weighted by Crippen LogP contribution is -2.15. The van der Waals surface area contributed by atoms with E-state index in [4.69, 9.17) is 34.7 Å². The quantitative estimate of drug-likeness (QED) is 0.566. The number of Topliss-reactive ketones (excluding diaryl/α,β-unsaturated/α-hetero) is 1. The second-order valence-corrected chi connectivity index (χ2v) is 7.13. The highest BCUT2D eigenvalue weighted by atomic mass is 35.5. The molecule has 0 unspecified atom stereocenters. The molecule has 3 rings (SSSR count). The number of nitrogen functional groups attached to an aromatic ring is 1. The second-order valence-electron chi connectivity index (χ2n) is 5.32. The minimum atomic E-state index is -0.114. The van der Waals surface area contributed by atoms with Crippen LogP contribution in [0.2, 0.25) is 10.0 Å². The van der Waals surface area contributed by atoms with Gasteiger partial charge in [0, 0.05) is 25.6 Å². The molecule has 0 amide bonds. The van der Waals surface area contributed by atoms with E-state index in [2.05, 4.69) is 15.3 Å². The van der Waals surface area contributed by atoms with Gasteiger partial charge < -0.3 is 16.8 Å². The van der Waals surface area contributed by atoms with Crippen LogP contribution in [0.15, 0.2) is 18.2 Å². The molecular weight excluding hydrogens is 381 g/mol. The van der Waals surface area contributed by atoms with E-state index in [1.165, 1.54) is 18.3 Å². The summed E-state index contributed by atoms with van der Waals surface area (Å²) in [6.45, 7) is 2.43. The van der Waals surface area contributed by atoms with Crippen LogP contribution in [0.5, 0.6) is 0 Å². The number of benzene rings is 1. The van der Waals surface area contributed by atoms with Gasteiger partial charge in [0.25, 0.3) is 0 Å². The number of hydrogen-bond acceptors (Lipinski definition) is 7. The van der Waals surface area contributed by atoms with E-state index in [0.717, 1.165) is 5.56 Å². The molecule has 9 heteroatoms. The second kappa shape index (κ2) is 7.13. The van der Waals surface area contributed by atoms with Gasteiger partial charge in [0.1, 0.15) is 4.83 Å². The first-order chi connectivity index (χ1) is 11.9. The summed E-state index contributed by atoms with van der Waals surface area (Å²) in [5.74, 6) is 0.299. The van der Waals surface area contributed by atoms with Crippen molar-refractivity contribution in [3.63, 3.8) is 0 Å². The third-order valence-electron chi connectivity index (χ3n) is 3.53. The summed E-state index contributed by atoms with van der Waals surface area (Å²) in [4.78, 5) is 21.9. The van der Waals surface area contributed by atoms with Crippen molar-refractivity contribution in [1.29, 1.82) is 0 Å². The number of anilines is 2. The average Bonchev–Trinajstić information content (AvgIpc) is 2.92. The first kappa shape index (κ1) is 17.9. The number of nitrogens with one attached hydrogen (secondary N) is 1. The molecule has 3 aromatic rings. The molecule has 2 aromatic heterocycles. The van der Waals surface area contributed by atoms with Crippen molar-refractivity contribution in [2.75, 3.05) is 24.1 Å². The fraction of sp³-hybridized carbons (Fsp3) is 0.188. The van der Waals surface area contributed by atoms with Gasteiger partial charge >= 0.3 is 0 Å². The molecule has 0 bridgehead atoms. The molecule has 0 aliphatic carbocycles. The van der Waals surface area contributed by atoms with Crippen molar-refractivity contribution < 1.29 is 4.79 Å². The zero-order chi connectivity index (χ0) is 18.1. The lowest BCUT2D eigenvalue weighted by atomic mass is 10.1. The predicted octanol–water partition coefficient (Wildman–Crippen LogP) is 3.82. The van der Waals surface area contributed by atoms with Crippen LogP contribution < -0.4 is 16.8 Å². The van der Waals surface area contributed by atoms with E-state index in [-0.39, 0.29) is 5.78 Å². The number of nitrogens with two attached hydrogens (primary N) is 2. The van der Waals surface area contributed by atoms with Gasteiger partial charge in [-0.3, -0.25) is 4.79 Å². The van der Waals surface area contributed by atoms with Gasteiger partial charge in [-0.05, 0) is 12.1 Å². The van der Waals surface area contributed by atoms with Gasteiger partial charge in [-0.1, -0.05) is 29.3 Å². The largest absolute Gasteiger partial charge is 0.397 e. The van der Waals surface area contributed by atoms with E-state index in [1.807, 2.05) is 0 Å². The minimum Gasteiger partial charge on any atom is -0.397 e. The Balaban J connectivity index is 2.29. The molecule has 0 aliphatic rings. The molecule has 5 N–H and O–H groups in total. The summed E-state index contributed by atoms with van der Waals surface area (Å²) in [7, 11) is 0. The van der Waals surface area contributed by atoms with Gasteiger partial charge in [0.15, 0.2) is 5.78 Å². The first-order valence-electron chi connectivity index (χ1n) is 7.42. The number of aromatic nitrogens is 2. The third kappa shape index (κ3) is 3.41. The lowest BCUT2D eigenvalue weighted by Gasteiger charge is -2.09. The van der Waals surface area contributed by atoms with E-state index in [1.54, 1.807) is 18.2 Å². The summed E-state index contributed by atoms with van der Waals surface area (Å²) in [6.07, 6.45) is 0. The van der Waals surface area contributed by atoms with E-state index < -0.39 is 0 Å². The van der Waals surface area contributed by atoms with Crippen molar-refractivity contribution >= 4 is 62.2 Å². The Morgan fingerprint density at radius 1 is 1.28 bits per heavy atom. The van der Waals surface area contributed by atoms with Crippen molar-refractivity contribution in [2.24, 2.45) is 5.73 Å². The number of fused-ring (bicyclic) bond motifs is 1. The maximum atomic E-state index is 11.9. The Morgan fingerprint density at radius 2 is 2.04 bits per heavy atom. The van der Waals surface area contributed by atoms with Crippen LogP contribution in [-0.4, -0.2) is 28.8 Å². The number of carbonyl (C=O) groups excluding carboxylic acids is 1. The summed E-state index contributed by atoms with van der Waals surface area (Å²) in [5, 5.41) is 4.54. The van der Waals surface area contributed by atoms with E-state index >= 15 is 0 Å². The van der Waals surface area contributed by atoms with Crippen LogP contribution in [0.1, 0.15) is 16.6 Å². The van der Waals surface area contributed by atoms with Crippen LogP contribution >= 0.6 is 34.5 Å². The Labute approximate surface area is 158 Å². The molecule has 6 nitrogen and oxygen atoms in total. The number of halogens is 2. The fourth-order valence-electron chi connectivity index (χ4n) is 2.40. The summed E-state index contributed by atoms with van der Waals surface area (Å²) < 4.78 is 0. The molecule has 0 radical (unpaired) electrons. The first-order valence-corrected chi connectivity index (χ1v) is 9.00. The van der Waals surface area contributed by atoms with Crippen LogP contribution in [0.4, 0.5) is 11.6 Å². The van der Waals surface area contributed by atoms with Gasteiger partial charge in [-0.25, -0.2) is 9.97 Å². The standard InChI is InChI=1S/C16H15Cl2N5OS/c1-7(24)14-12(20)11-13(8-2-3-9(17)10(18)6-8)22-16(21-5-4-19)23-15(11)25-14/h2-3,6H,4-5,19-20H2,1H3,(H,21,22,23). The van der Waals surface area contributed by atoms with Crippen LogP contribution in [0, 0.1) is 0 Å². The summed E-state index contributed by atoms with van der Waals surface area (Å²) in [6, 6.07) is 5.20. The number of hydrogen-bond donors (Lipinski definition) is 3. The zero-order valence-corrected chi connectivity index (χ0v) is 15.6. The normalized spacial score (nSPS) is 11.0. The van der Waals surface area contributed by atoms with Crippen molar-refractivity contribution in [2.45, 2.75) is 6.92 Å². The molecule has 2 heterocycles. The van der Waals surface area contributed by atoms with Gasteiger partial charge in [0.05, 0.1) is 31.7 Å². The van der Waals surface area contributed by atoms with Gasteiger partial charge in [-0.15, -0.1) is 11.3 Å². The molecule has 0 spiro atoms. The Kier molecular flexibility index (Phi) is 5.10. The highest BCUT2D eigenvalue weighted by Crippen LogP contribution is 2.40. The molecular formula is C16H15Cl2N5OS. The van der Waals surface area contributed by atoms with Gasteiger partial charge in [0.2, 0.25) is 5.95 Å². The predicted molar refractivity (Wildman–Crippen MR) is 105 cm³/mol. The Bertz CT molecular complexity index is 973. The molecule has 130 valence electrons. The minimum absolute atomic E-state index is 0.114. The Hall–Kier alpha value is -1.93. The highest BCUT2D eigenvalue weighted by molar-refractivity contribution is 7.21. The van der Waals surface area contributed by atoms with Crippen molar-refractivity contribution in [3.05, 3.63) is 33.1 Å². The van der Waals surface area contributed by atoms with Crippen molar-refractivity contribution in [1.82, 2.24) is 9.97 Å². The number of carbonyl (C=O) groups is 1. The molecule has 0 saturated heterocycles. The molecule has 0 atom stereocenters. The number of thiophene rings is 1. The summed E-state index contributed by atoms with van der Waals surface area (Å²) in [5.41, 5.74) is 13.4. The van der Waals surface area contributed by atoms with E-state index in [0.29, 0.717) is 55.6 Å². The maximum absolute atomic E-state index is 11.9. The molecule has 1 aromatic carbocycles. The summed E-state index contributed by atoms with van der Waals surface area (Å²) >= 11 is 13.4. The molecule has 0 fully saturated rings. The number of rotatable bonds is 5.